The lowest BCUT2D eigenvalue weighted by Gasteiger charge is -2.43. The van der Waals surface area contributed by atoms with Crippen LogP contribution in [0.15, 0.2) is 95.1 Å². The lowest BCUT2D eigenvalue weighted by molar-refractivity contribution is 0.0518. The second-order valence-corrected chi connectivity index (χ2v) is 22.7. The topological polar surface area (TPSA) is 200 Å². The van der Waals surface area contributed by atoms with Crippen molar-refractivity contribution in [2.45, 2.75) is 84.2 Å². The van der Waals surface area contributed by atoms with E-state index in [1.165, 1.54) is 13.0 Å². The molecule has 0 unspecified atom stereocenters. The SMILES string of the molecule is C[C@@H](/C=C/S(=O)(=O)N[C@H](/C=C/S(=O)(=O)N[C@@H](C)/C=C/S(N)(=O)=O)CO[Si](c1ccccc1)(c1ccccc1)C(C)(C)C)NC(=O)OC(C)(C)C. The summed E-state index contributed by atoms with van der Waals surface area (Å²) in [5.74, 6) is 0. The Balaban J connectivity index is 2.52. The van der Waals surface area contributed by atoms with E-state index < -0.39 is 73.2 Å². The molecule has 0 radical (unpaired) electrons. The minimum Gasteiger partial charge on any atom is -0.444 e. The normalized spacial score (nSPS) is 15.7. The number of alkyl carbamates (subject to hydrolysis) is 1. The summed E-state index contributed by atoms with van der Waals surface area (Å²) < 4.78 is 92.0. The highest BCUT2D eigenvalue weighted by Gasteiger charge is 2.50. The van der Waals surface area contributed by atoms with Crippen LogP contribution in [0.5, 0.6) is 0 Å². The number of nitrogens with one attached hydrogen (secondary N) is 3. The summed E-state index contributed by atoms with van der Waals surface area (Å²) in [5, 5.41) is 11.2. The van der Waals surface area contributed by atoms with Crippen LogP contribution in [0, 0.1) is 0 Å². The molecule has 0 saturated heterocycles. The van der Waals surface area contributed by atoms with Gasteiger partial charge in [0.05, 0.1) is 12.6 Å². The number of nitrogens with two attached hydrogens (primary N) is 1. The predicted octanol–water partition coefficient (Wildman–Crippen LogP) is 2.90. The van der Waals surface area contributed by atoms with Crippen molar-refractivity contribution in [2.24, 2.45) is 5.14 Å². The first-order valence-electron chi connectivity index (χ1n) is 15.7. The van der Waals surface area contributed by atoms with Gasteiger partial charge in [0.15, 0.2) is 0 Å². The second kappa shape index (κ2) is 17.4. The number of hydrogen-bond acceptors (Lipinski definition) is 9. The maximum absolute atomic E-state index is 13.3. The summed E-state index contributed by atoms with van der Waals surface area (Å²) in [6.45, 7) is 13.9. The van der Waals surface area contributed by atoms with Gasteiger partial charge < -0.3 is 14.5 Å². The number of rotatable bonds is 16. The largest absolute Gasteiger partial charge is 0.444 e. The molecule has 0 bridgehead atoms. The Bertz CT molecular complexity index is 1800. The van der Waals surface area contributed by atoms with E-state index in [1.54, 1.807) is 27.7 Å². The van der Waals surface area contributed by atoms with Crippen molar-refractivity contribution >= 4 is 54.9 Å². The molecule has 0 spiro atoms. The average Bonchev–Trinajstić information content (AvgIpc) is 2.97. The zero-order chi connectivity index (χ0) is 38.0. The molecule has 2 aromatic rings. The van der Waals surface area contributed by atoms with Crippen LogP contribution in [0.1, 0.15) is 55.4 Å². The van der Waals surface area contributed by atoms with Gasteiger partial charge in [-0.25, -0.2) is 44.6 Å². The van der Waals surface area contributed by atoms with E-state index in [0.29, 0.717) is 5.41 Å². The molecular weight excluding hydrogens is 721 g/mol. The molecule has 2 aromatic carbocycles. The van der Waals surface area contributed by atoms with Gasteiger partial charge in [0.1, 0.15) is 5.60 Å². The summed E-state index contributed by atoms with van der Waals surface area (Å²) >= 11 is 0. The van der Waals surface area contributed by atoms with E-state index in [-0.39, 0.29) is 6.61 Å². The molecule has 278 valence electrons. The van der Waals surface area contributed by atoms with Gasteiger partial charge in [-0.1, -0.05) is 93.6 Å². The van der Waals surface area contributed by atoms with Crippen LogP contribution in [0.2, 0.25) is 5.04 Å². The van der Waals surface area contributed by atoms with Crippen LogP contribution in [0.4, 0.5) is 4.79 Å². The molecule has 5 N–H and O–H groups in total. The van der Waals surface area contributed by atoms with Crippen molar-refractivity contribution in [1.29, 1.82) is 0 Å². The molecule has 0 aliphatic heterocycles. The van der Waals surface area contributed by atoms with E-state index in [4.69, 9.17) is 14.3 Å². The summed E-state index contributed by atoms with van der Waals surface area (Å²) in [4.78, 5) is 12.2. The number of carbonyl (C=O) groups is 1. The van der Waals surface area contributed by atoms with Crippen molar-refractivity contribution in [3.8, 4) is 0 Å². The second-order valence-electron chi connectivity index (χ2n) is 13.7. The van der Waals surface area contributed by atoms with Gasteiger partial charge in [0.2, 0.25) is 30.1 Å². The quantitative estimate of drug-likeness (QED) is 0.185. The van der Waals surface area contributed by atoms with Crippen LogP contribution in [-0.4, -0.2) is 70.0 Å². The minimum absolute atomic E-state index is 0.265. The molecule has 17 heteroatoms. The Kier molecular flexibility index (Phi) is 14.9. The van der Waals surface area contributed by atoms with E-state index in [0.717, 1.165) is 33.3 Å². The zero-order valence-electron chi connectivity index (χ0n) is 29.7. The van der Waals surface area contributed by atoms with E-state index >= 15 is 0 Å². The number of ether oxygens (including phenoxy) is 1. The predicted molar refractivity (Wildman–Crippen MR) is 200 cm³/mol. The molecule has 0 aromatic heterocycles. The molecule has 0 saturated carbocycles. The van der Waals surface area contributed by atoms with Crippen molar-refractivity contribution in [3.63, 3.8) is 0 Å². The van der Waals surface area contributed by atoms with Crippen LogP contribution in [0.3, 0.4) is 0 Å². The minimum atomic E-state index is -4.24. The van der Waals surface area contributed by atoms with Gasteiger partial charge in [-0.15, -0.1) is 0 Å². The number of primary sulfonamides is 1. The monoisotopic (exact) mass is 770 g/mol. The number of benzene rings is 2. The average molecular weight is 771 g/mol. The van der Waals surface area contributed by atoms with Gasteiger partial charge in [-0.2, -0.15) is 0 Å². The number of hydrogen-bond donors (Lipinski definition) is 4. The van der Waals surface area contributed by atoms with Gasteiger partial charge in [0, 0.05) is 28.3 Å². The maximum atomic E-state index is 13.3. The van der Waals surface area contributed by atoms with Crippen LogP contribution >= 0.6 is 0 Å². The number of carbonyl (C=O) groups excluding carboxylic acids is 1. The highest BCUT2D eigenvalue weighted by molar-refractivity contribution is 7.93. The fourth-order valence-corrected chi connectivity index (χ4v) is 12.1. The van der Waals surface area contributed by atoms with Crippen LogP contribution in [0.25, 0.3) is 0 Å². The van der Waals surface area contributed by atoms with Crippen molar-refractivity contribution in [1.82, 2.24) is 14.8 Å². The van der Waals surface area contributed by atoms with Crippen molar-refractivity contribution in [2.75, 3.05) is 6.61 Å². The Morgan fingerprint density at radius 3 is 1.66 bits per heavy atom. The third-order valence-corrected chi connectivity index (χ3v) is 14.8. The summed E-state index contributed by atoms with van der Waals surface area (Å²) in [6.07, 6.45) is 2.72. The molecule has 2 rings (SSSR count). The van der Waals surface area contributed by atoms with Crippen molar-refractivity contribution < 1.29 is 39.2 Å². The maximum Gasteiger partial charge on any atom is 0.408 e. The number of amides is 1. The first-order chi connectivity index (χ1) is 22.8. The molecule has 13 nitrogen and oxygen atoms in total. The molecule has 1 amide bonds. The van der Waals surface area contributed by atoms with Gasteiger partial charge in [0.25, 0.3) is 8.32 Å². The molecule has 50 heavy (non-hydrogen) atoms. The zero-order valence-corrected chi connectivity index (χ0v) is 33.1. The lowest BCUT2D eigenvalue weighted by Crippen LogP contribution is -2.67. The lowest BCUT2D eigenvalue weighted by atomic mass is 10.2. The first kappa shape index (κ1) is 43.0. The van der Waals surface area contributed by atoms with E-state index in [2.05, 4.69) is 14.8 Å². The summed E-state index contributed by atoms with van der Waals surface area (Å²) in [5.41, 5.74) is -0.753. The molecular formula is C33H50N4O9S3Si. The van der Waals surface area contributed by atoms with Crippen molar-refractivity contribution in [3.05, 3.63) is 95.1 Å². The third kappa shape index (κ3) is 14.6. The number of sulfonamides is 3. The van der Waals surface area contributed by atoms with E-state index in [9.17, 15) is 30.0 Å². The highest BCUT2D eigenvalue weighted by Crippen LogP contribution is 2.36. The molecule has 0 aliphatic rings. The van der Waals surface area contributed by atoms with Crippen LogP contribution < -0.4 is 30.3 Å². The fourth-order valence-electron chi connectivity index (χ4n) is 4.88. The van der Waals surface area contributed by atoms with Crippen LogP contribution in [-0.2, 0) is 39.2 Å². The summed E-state index contributed by atoms with van der Waals surface area (Å²) in [6, 6.07) is 16.3. The molecule has 3 atom stereocenters. The fraction of sp³-hybridized carbons (Fsp3) is 0.424. The van der Waals surface area contributed by atoms with Gasteiger partial charge in [-0.05, 0) is 56.1 Å². The molecule has 0 heterocycles. The molecule has 0 aliphatic carbocycles. The Morgan fingerprint density at radius 2 is 1.20 bits per heavy atom. The Hall–Kier alpha value is -3.16. The molecule has 0 fully saturated rings. The smallest absolute Gasteiger partial charge is 0.408 e. The highest BCUT2D eigenvalue weighted by atomic mass is 32.2. The summed E-state index contributed by atoms with van der Waals surface area (Å²) in [7, 11) is -15.6. The van der Waals surface area contributed by atoms with E-state index in [1.807, 2.05) is 81.4 Å². The Labute approximate surface area is 298 Å². The Morgan fingerprint density at radius 1 is 0.740 bits per heavy atom. The third-order valence-electron chi connectivity index (χ3n) is 6.90. The van der Waals surface area contributed by atoms with Gasteiger partial charge >= 0.3 is 6.09 Å². The van der Waals surface area contributed by atoms with Gasteiger partial charge in [-0.3, -0.25) is 0 Å². The first-order valence-corrected chi connectivity index (χ1v) is 22.3. The standard InChI is InChI=1S/C33H50N4O9S3Si/c1-26(35-31(38)46-32(3,4)5)20-23-49(43,44)37-28(21-24-48(41,42)36-27(2)19-22-47(34,39)40)25-45-50(33(6,7)8,29-15-11-9-12-16-29)30-17-13-10-14-18-30/h9-24,26-28,36-37H,25H2,1-8H3,(H,35,38)(H2,34,39,40)/b22-19+,23-20+,24-21+/t26-,27-,28+/m0/s1.